The lowest BCUT2D eigenvalue weighted by molar-refractivity contribution is -0.121. The van der Waals surface area contributed by atoms with E-state index in [4.69, 9.17) is 4.74 Å². The maximum absolute atomic E-state index is 12.0. The van der Waals surface area contributed by atoms with E-state index < -0.39 is 11.8 Å². The van der Waals surface area contributed by atoms with Crippen LogP contribution in [0, 0.1) is 0 Å². The first-order valence-corrected chi connectivity index (χ1v) is 7.30. The number of hydrogen-bond acceptors (Lipinski definition) is 4. The second-order valence-corrected chi connectivity index (χ2v) is 5.27. The minimum atomic E-state index is -0.420. The summed E-state index contributed by atoms with van der Waals surface area (Å²) in [5, 5.41) is 0. The van der Waals surface area contributed by atoms with Crippen molar-refractivity contribution in [1.29, 1.82) is 0 Å². The normalized spacial score (nSPS) is 10.1. The number of aryl methyl sites for hydroxylation is 1. The highest BCUT2D eigenvalue weighted by Gasteiger charge is 2.13. The lowest BCUT2D eigenvalue weighted by Gasteiger charge is -2.11. The van der Waals surface area contributed by atoms with E-state index in [0.29, 0.717) is 22.6 Å². The number of ether oxygens (including phenoxy) is 1. The van der Waals surface area contributed by atoms with Crippen LogP contribution in [0.25, 0.3) is 0 Å². The molecule has 0 aliphatic heterocycles. The Bertz CT molecular complexity index is 780. The van der Waals surface area contributed by atoms with Crippen molar-refractivity contribution in [2.45, 2.75) is 13.3 Å². The molecule has 1 aromatic heterocycles. The van der Waals surface area contributed by atoms with Crippen LogP contribution in [-0.2, 0) is 18.3 Å². The fourth-order valence-electron chi connectivity index (χ4n) is 2.24. The summed E-state index contributed by atoms with van der Waals surface area (Å²) in [7, 11) is 3.22. The molecular formula is C17H19N3O4. The van der Waals surface area contributed by atoms with Crippen LogP contribution in [0.4, 0.5) is 0 Å². The number of carbonyl (C=O) groups is 3. The second-order valence-electron chi connectivity index (χ2n) is 5.27. The molecule has 24 heavy (non-hydrogen) atoms. The van der Waals surface area contributed by atoms with Gasteiger partial charge in [-0.05, 0) is 37.3 Å². The van der Waals surface area contributed by atoms with Gasteiger partial charge in [-0.2, -0.15) is 0 Å². The SMILES string of the molecule is COc1ccc(C(C)=O)cc1CC(=O)NNC(=O)c1cccn1C. The van der Waals surface area contributed by atoms with Crippen LogP contribution < -0.4 is 15.6 Å². The number of ketones is 1. The molecule has 0 radical (unpaired) electrons. The predicted octanol–water partition coefficient (Wildman–Crippen LogP) is 1.24. The molecular weight excluding hydrogens is 310 g/mol. The summed E-state index contributed by atoms with van der Waals surface area (Å²) in [4.78, 5) is 35.4. The number of nitrogens with zero attached hydrogens (tertiary/aromatic N) is 1. The molecule has 2 aromatic rings. The smallest absolute Gasteiger partial charge is 0.286 e. The number of hydrazine groups is 1. The summed E-state index contributed by atoms with van der Waals surface area (Å²) in [6, 6.07) is 8.26. The van der Waals surface area contributed by atoms with Crippen molar-refractivity contribution < 1.29 is 19.1 Å². The van der Waals surface area contributed by atoms with Crippen molar-refractivity contribution in [3.63, 3.8) is 0 Å². The highest BCUT2D eigenvalue weighted by Crippen LogP contribution is 2.20. The summed E-state index contributed by atoms with van der Waals surface area (Å²) in [6.07, 6.45) is 1.70. The van der Waals surface area contributed by atoms with Gasteiger partial charge >= 0.3 is 0 Å². The van der Waals surface area contributed by atoms with Crippen molar-refractivity contribution in [1.82, 2.24) is 15.4 Å². The average molecular weight is 329 g/mol. The first-order valence-electron chi connectivity index (χ1n) is 7.30. The Labute approximate surface area is 139 Å². The Morgan fingerprint density at radius 3 is 2.50 bits per heavy atom. The number of benzene rings is 1. The Kier molecular flexibility index (Phi) is 5.36. The van der Waals surface area contributed by atoms with E-state index in [1.165, 1.54) is 14.0 Å². The van der Waals surface area contributed by atoms with E-state index in [1.54, 1.807) is 48.1 Å². The van der Waals surface area contributed by atoms with Crippen LogP contribution >= 0.6 is 0 Å². The molecule has 0 aliphatic carbocycles. The van der Waals surface area contributed by atoms with Gasteiger partial charge in [-0.25, -0.2) is 0 Å². The number of amides is 2. The van der Waals surface area contributed by atoms with E-state index in [0.717, 1.165) is 0 Å². The third-order valence-corrected chi connectivity index (χ3v) is 3.53. The zero-order valence-corrected chi connectivity index (χ0v) is 13.8. The molecule has 2 rings (SSSR count). The molecule has 2 amide bonds. The molecule has 126 valence electrons. The molecule has 0 saturated heterocycles. The number of Topliss-reactive ketones (excluding diaryl/α,β-unsaturated/α-hetero) is 1. The molecule has 0 bridgehead atoms. The Balaban J connectivity index is 2.02. The van der Waals surface area contributed by atoms with Crippen molar-refractivity contribution >= 4 is 17.6 Å². The molecule has 0 unspecified atom stereocenters. The maximum Gasteiger partial charge on any atom is 0.286 e. The van der Waals surface area contributed by atoms with Gasteiger partial charge in [-0.15, -0.1) is 0 Å². The van der Waals surface area contributed by atoms with E-state index in [-0.39, 0.29) is 12.2 Å². The third-order valence-electron chi connectivity index (χ3n) is 3.53. The number of rotatable bonds is 5. The summed E-state index contributed by atoms with van der Waals surface area (Å²) in [5.41, 5.74) is 6.19. The van der Waals surface area contributed by atoms with E-state index in [1.807, 2.05) is 0 Å². The first-order chi connectivity index (χ1) is 11.4. The molecule has 0 aliphatic rings. The highest BCUT2D eigenvalue weighted by molar-refractivity contribution is 5.95. The minimum absolute atomic E-state index is 0.0300. The summed E-state index contributed by atoms with van der Waals surface area (Å²) in [6.45, 7) is 1.45. The van der Waals surface area contributed by atoms with Crippen molar-refractivity contribution in [3.8, 4) is 5.75 Å². The third kappa shape index (κ3) is 4.01. The number of carbonyl (C=O) groups excluding carboxylic acids is 3. The van der Waals surface area contributed by atoms with Crippen LogP contribution in [0.1, 0.15) is 33.3 Å². The van der Waals surface area contributed by atoms with Crippen LogP contribution in [0.5, 0.6) is 5.75 Å². The van der Waals surface area contributed by atoms with Crippen LogP contribution in [-0.4, -0.2) is 29.3 Å². The van der Waals surface area contributed by atoms with Crippen molar-refractivity contribution in [3.05, 3.63) is 53.3 Å². The fraction of sp³-hybridized carbons (Fsp3) is 0.235. The maximum atomic E-state index is 12.0. The highest BCUT2D eigenvalue weighted by atomic mass is 16.5. The second kappa shape index (κ2) is 7.45. The molecule has 0 saturated carbocycles. The lowest BCUT2D eigenvalue weighted by Crippen LogP contribution is -2.43. The van der Waals surface area contributed by atoms with Gasteiger partial charge in [-0.1, -0.05) is 0 Å². The van der Waals surface area contributed by atoms with Crippen molar-refractivity contribution in [2.24, 2.45) is 7.05 Å². The minimum Gasteiger partial charge on any atom is -0.496 e. The monoisotopic (exact) mass is 329 g/mol. The molecule has 7 heteroatoms. The number of methoxy groups -OCH3 is 1. The van der Waals surface area contributed by atoms with Gasteiger partial charge < -0.3 is 9.30 Å². The van der Waals surface area contributed by atoms with Crippen LogP contribution in [0.3, 0.4) is 0 Å². The molecule has 0 spiro atoms. The topological polar surface area (TPSA) is 89.4 Å². The Morgan fingerprint density at radius 1 is 1.17 bits per heavy atom. The Morgan fingerprint density at radius 2 is 1.92 bits per heavy atom. The van der Waals surface area contributed by atoms with Gasteiger partial charge in [0.25, 0.3) is 5.91 Å². The first kappa shape index (κ1) is 17.3. The van der Waals surface area contributed by atoms with Gasteiger partial charge in [0.15, 0.2) is 5.78 Å². The lowest BCUT2D eigenvalue weighted by atomic mass is 10.0. The van der Waals surface area contributed by atoms with Gasteiger partial charge in [0.05, 0.1) is 13.5 Å². The fourth-order valence-corrected chi connectivity index (χ4v) is 2.24. The Hall–Kier alpha value is -3.09. The number of hydrogen-bond donors (Lipinski definition) is 2. The zero-order chi connectivity index (χ0) is 17.7. The summed E-state index contributed by atoms with van der Waals surface area (Å²) < 4.78 is 6.84. The zero-order valence-electron chi connectivity index (χ0n) is 13.8. The van der Waals surface area contributed by atoms with Gasteiger partial charge in [0, 0.05) is 24.4 Å². The summed E-state index contributed by atoms with van der Waals surface area (Å²) >= 11 is 0. The largest absolute Gasteiger partial charge is 0.496 e. The summed E-state index contributed by atoms with van der Waals surface area (Å²) in [5.74, 6) is -0.433. The quantitative estimate of drug-likeness (QED) is 0.638. The van der Waals surface area contributed by atoms with E-state index in [9.17, 15) is 14.4 Å². The predicted molar refractivity (Wildman–Crippen MR) is 87.7 cm³/mol. The molecule has 1 heterocycles. The molecule has 7 nitrogen and oxygen atoms in total. The van der Waals surface area contributed by atoms with Gasteiger partial charge in [0.1, 0.15) is 11.4 Å². The van der Waals surface area contributed by atoms with Gasteiger partial charge in [-0.3, -0.25) is 25.2 Å². The van der Waals surface area contributed by atoms with Crippen LogP contribution in [0.2, 0.25) is 0 Å². The van der Waals surface area contributed by atoms with E-state index in [2.05, 4.69) is 10.9 Å². The standard InChI is InChI=1S/C17H19N3O4/c1-11(21)12-6-7-15(24-3)13(9-12)10-16(22)18-19-17(23)14-5-4-8-20(14)2/h4-9H,10H2,1-3H3,(H,18,22)(H,19,23). The number of aromatic nitrogens is 1. The average Bonchev–Trinajstić information content (AvgIpc) is 2.98. The number of nitrogens with one attached hydrogen (secondary N) is 2. The molecule has 2 N–H and O–H groups in total. The van der Waals surface area contributed by atoms with Gasteiger partial charge in [0.2, 0.25) is 5.91 Å². The van der Waals surface area contributed by atoms with Crippen LogP contribution in [0.15, 0.2) is 36.5 Å². The van der Waals surface area contributed by atoms with Crippen molar-refractivity contribution in [2.75, 3.05) is 7.11 Å². The molecule has 1 aromatic carbocycles. The van der Waals surface area contributed by atoms with E-state index >= 15 is 0 Å². The molecule has 0 atom stereocenters. The molecule has 0 fully saturated rings.